The molecule has 2 rings (SSSR count). The highest BCUT2D eigenvalue weighted by atomic mass is 35.5. The van der Waals surface area contributed by atoms with Crippen LogP contribution in [0.2, 0.25) is 5.02 Å². The van der Waals surface area contributed by atoms with E-state index >= 15 is 0 Å². The van der Waals surface area contributed by atoms with Gasteiger partial charge in [-0.1, -0.05) is 17.7 Å². The first-order valence-corrected chi connectivity index (χ1v) is 5.91. The minimum atomic E-state index is -0.458. The minimum Gasteiger partial charge on any atom is -0.378 e. The van der Waals surface area contributed by atoms with Crippen molar-refractivity contribution in [3.8, 4) is 0 Å². The molecule has 0 saturated carbocycles. The number of carbonyl (C=O) groups is 1. The summed E-state index contributed by atoms with van der Waals surface area (Å²) in [4.78, 5) is 10.7. The first kappa shape index (κ1) is 13.4. The van der Waals surface area contributed by atoms with Crippen molar-refractivity contribution in [3.05, 3.63) is 47.0 Å². The van der Waals surface area contributed by atoms with Gasteiger partial charge in [-0.2, -0.15) is 5.10 Å². The van der Waals surface area contributed by atoms with Gasteiger partial charge in [0, 0.05) is 12.7 Å². The highest BCUT2D eigenvalue weighted by molar-refractivity contribution is 6.30. The van der Waals surface area contributed by atoms with E-state index in [1.807, 2.05) is 0 Å². The summed E-state index contributed by atoms with van der Waals surface area (Å²) >= 11 is 5.69. The summed E-state index contributed by atoms with van der Waals surface area (Å²) in [6.07, 6.45) is 3.24. The lowest BCUT2D eigenvalue weighted by Gasteiger charge is -2.04. The van der Waals surface area contributed by atoms with Crippen molar-refractivity contribution in [2.45, 2.75) is 13.1 Å². The molecule has 7 heteroatoms. The smallest absolute Gasteiger partial charge is 0.239 e. The van der Waals surface area contributed by atoms with Crippen LogP contribution < -0.4 is 11.1 Å². The fraction of sp³-hybridized carbons (Fsp3) is 0.167. The second-order valence-corrected chi connectivity index (χ2v) is 4.40. The molecule has 0 atom stereocenters. The van der Waals surface area contributed by atoms with Crippen molar-refractivity contribution >= 4 is 23.2 Å². The number of primary amides is 1. The molecule has 19 heavy (non-hydrogen) atoms. The second kappa shape index (κ2) is 5.71. The molecule has 2 aromatic rings. The summed E-state index contributed by atoms with van der Waals surface area (Å²) in [5.41, 5.74) is 6.64. The molecule has 1 aromatic carbocycles. The number of hydrogen-bond acceptors (Lipinski definition) is 3. The predicted molar refractivity (Wildman–Crippen MR) is 70.2 cm³/mol. The normalized spacial score (nSPS) is 10.4. The second-order valence-electron chi connectivity index (χ2n) is 3.99. The highest BCUT2D eigenvalue weighted by Crippen LogP contribution is 2.17. The maximum Gasteiger partial charge on any atom is 0.239 e. The molecule has 5 nitrogen and oxygen atoms in total. The van der Waals surface area contributed by atoms with Crippen LogP contribution in [0, 0.1) is 5.82 Å². The molecule has 1 aromatic heterocycles. The van der Waals surface area contributed by atoms with Crippen LogP contribution >= 0.6 is 11.6 Å². The Morgan fingerprint density at radius 2 is 2.32 bits per heavy atom. The van der Waals surface area contributed by atoms with Gasteiger partial charge in [-0.25, -0.2) is 4.39 Å². The number of halogens is 2. The minimum absolute atomic E-state index is 0.0318. The lowest BCUT2D eigenvalue weighted by atomic mass is 10.2. The van der Waals surface area contributed by atoms with Crippen molar-refractivity contribution < 1.29 is 9.18 Å². The Kier molecular flexibility index (Phi) is 4.01. The summed E-state index contributed by atoms with van der Waals surface area (Å²) in [7, 11) is 0. The topological polar surface area (TPSA) is 72.9 Å². The number of nitrogens with two attached hydrogens (primary N) is 1. The first-order chi connectivity index (χ1) is 9.04. The number of carbonyl (C=O) groups excluding carboxylic acids is 1. The highest BCUT2D eigenvalue weighted by Gasteiger charge is 2.03. The molecule has 0 radical (unpaired) electrons. The summed E-state index contributed by atoms with van der Waals surface area (Å²) in [6, 6.07) is 4.51. The standard InChI is InChI=1S/C12H12ClFN4O/c13-10-3-8(1-2-11(10)14)4-16-9-5-17-18(6-9)7-12(15)19/h1-3,5-6,16H,4,7H2,(H2,15,19). The number of rotatable bonds is 5. The predicted octanol–water partition coefficient (Wildman–Crippen LogP) is 1.77. The van der Waals surface area contributed by atoms with Crippen LogP contribution in [-0.2, 0) is 17.9 Å². The average Bonchev–Trinajstić information content (AvgIpc) is 2.77. The van der Waals surface area contributed by atoms with E-state index in [4.69, 9.17) is 17.3 Å². The zero-order chi connectivity index (χ0) is 13.8. The van der Waals surface area contributed by atoms with Crippen molar-refractivity contribution in [2.75, 3.05) is 5.32 Å². The molecule has 0 bridgehead atoms. The van der Waals surface area contributed by atoms with E-state index in [1.54, 1.807) is 24.5 Å². The summed E-state index contributed by atoms with van der Waals surface area (Å²) in [6.45, 7) is 0.506. The van der Waals surface area contributed by atoms with Gasteiger partial charge in [-0.05, 0) is 17.7 Å². The summed E-state index contributed by atoms with van der Waals surface area (Å²) < 4.78 is 14.4. The van der Waals surface area contributed by atoms with Gasteiger partial charge in [0.15, 0.2) is 0 Å². The van der Waals surface area contributed by atoms with E-state index in [0.717, 1.165) is 11.3 Å². The molecule has 0 unspecified atom stereocenters. The largest absolute Gasteiger partial charge is 0.378 e. The molecular weight excluding hydrogens is 271 g/mol. The Balaban J connectivity index is 1.96. The third-order valence-corrected chi connectivity index (χ3v) is 2.72. The quantitative estimate of drug-likeness (QED) is 0.878. The maximum absolute atomic E-state index is 13.0. The average molecular weight is 283 g/mol. The lowest BCUT2D eigenvalue weighted by molar-refractivity contribution is -0.118. The Morgan fingerprint density at radius 3 is 3.00 bits per heavy atom. The van der Waals surface area contributed by atoms with Crippen LogP contribution in [0.4, 0.5) is 10.1 Å². The van der Waals surface area contributed by atoms with E-state index in [-0.39, 0.29) is 11.6 Å². The Labute approximate surface area is 114 Å². The van der Waals surface area contributed by atoms with Crippen LogP contribution in [0.25, 0.3) is 0 Å². The molecular formula is C12H12ClFN4O. The van der Waals surface area contributed by atoms with Gasteiger partial charge in [-0.15, -0.1) is 0 Å². The van der Waals surface area contributed by atoms with Gasteiger partial charge in [0.1, 0.15) is 12.4 Å². The fourth-order valence-electron chi connectivity index (χ4n) is 1.55. The number of nitrogens with one attached hydrogen (secondary N) is 1. The molecule has 3 N–H and O–H groups in total. The van der Waals surface area contributed by atoms with E-state index in [1.165, 1.54) is 10.7 Å². The van der Waals surface area contributed by atoms with E-state index in [0.29, 0.717) is 6.54 Å². The number of hydrogen-bond donors (Lipinski definition) is 2. The number of amides is 1. The number of anilines is 1. The first-order valence-electron chi connectivity index (χ1n) is 5.53. The van der Waals surface area contributed by atoms with Crippen LogP contribution in [0.1, 0.15) is 5.56 Å². The van der Waals surface area contributed by atoms with E-state index in [2.05, 4.69) is 10.4 Å². The number of aromatic nitrogens is 2. The van der Waals surface area contributed by atoms with Crippen molar-refractivity contribution in [3.63, 3.8) is 0 Å². The van der Waals surface area contributed by atoms with Crippen LogP contribution in [0.3, 0.4) is 0 Å². The molecule has 100 valence electrons. The van der Waals surface area contributed by atoms with Gasteiger partial charge in [0.05, 0.1) is 16.9 Å². The number of benzene rings is 1. The summed E-state index contributed by atoms with van der Waals surface area (Å²) in [5.74, 6) is -0.903. The van der Waals surface area contributed by atoms with Crippen LogP contribution in [-0.4, -0.2) is 15.7 Å². The molecule has 0 aliphatic carbocycles. The van der Waals surface area contributed by atoms with Crippen molar-refractivity contribution in [1.82, 2.24) is 9.78 Å². The van der Waals surface area contributed by atoms with Crippen molar-refractivity contribution in [1.29, 1.82) is 0 Å². The summed E-state index contributed by atoms with van der Waals surface area (Å²) in [5, 5.41) is 7.14. The molecule has 0 spiro atoms. The molecule has 1 heterocycles. The van der Waals surface area contributed by atoms with Gasteiger partial charge in [-0.3, -0.25) is 9.48 Å². The zero-order valence-electron chi connectivity index (χ0n) is 9.94. The maximum atomic E-state index is 13.0. The molecule has 0 fully saturated rings. The molecule has 1 amide bonds. The Morgan fingerprint density at radius 1 is 1.53 bits per heavy atom. The van der Waals surface area contributed by atoms with E-state index in [9.17, 15) is 9.18 Å². The number of nitrogens with zero attached hydrogens (tertiary/aromatic N) is 2. The van der Waals surface area contributed by atoms with Gasteiger partial charge < -0.3 is 11.1 Å². The van der Waals surface area contributed by atoms with Gasteiger partial charge in [0.2, 0.25) is 5.91 Å². The molecule has 0 aliphatic rings. The monoisotopic (exact) mass is 282 g/mol. The SMILES string of the molecule is NC(=O)Cn1cc(NCc2ccc(F)c(Cl)c2)cn1. The van der Waals surface area contributed by atoms with Gasteiger partial charge >= 0.3 is 0 Å². The Bertz CT molecular complexity index is 599. The van der Waals surface area contributed by atoms with E-state index < -0.39 is 11.7 Å². The van der Waals surface area contributed by atoms with Crippen LogP contribution in [0.5, 0.6) is 0 Å². The lowest BCUT2D eigenvalue weighted by Crippen LogP contribution is -2.18. The van der Waals surface area contributed by atoms with Crippen molar-refractivity contribution in [2.24, 2.45) is 5.73 Å². The zero-order valence-corrected chi connectivity index (χ0v) is 10.7. The molecule has 0 aliphatic heterocycles. The van der Waals surface area contributed by atoms with Crippen LogP contribution in [0.15, 0.2) is 30.6 Å². The Hall–Kier alpha value is -2.08. The third kappa shape index (κ3) is 3.69. The fourth-order valence-corrected chi connectivity index (χ4v) is 1.76. The third-order valence-electron chi connectivity index (χ3n) is 2.43. The molecule has 0 saturated heterocycles. The van der Waals surface area contributed by atoms with Gasteiger partial charge in [0.25, 0.3) is 0 Å².